The van der Waals surface area contributed by atoms with Crippen LogP contribution >= 0.6 is 11.8 Å². The number of aromatic nitrogens is 2. The van der Waals surface area contributed by atoms with Crippen molar-refractivity contribution >= 4 is 11.8 Å². The molecule has 0 saturated heterocycles. The molecule has 0 radical (unpaired) electrons. The summed E-state index contributed by atoms with van der Waals surface area (Å²) in [6.45, 7) is 0.242. The topological polar surface area (TPSA) is 71.8 Å². The number of hydrogen-bond acceptors (Lipinski definition) is 4. The summed E-state index contributed by atoms with van der Waals surface area (Å²) in [5.41, 5.74) is 6.15. The molecule has 0 fully saturated rings. The van der Waals surface area contributed by atoms with E-state index in [2.05, 4.69) is 21.8 Å². The number of halogens is 1. The third kappa shape index (κ3) is 3.95. The predicted molar refractivity (Wildman–Crippen MR) is 76.8 cm³/mol. The number of aromatic amines is 1. The van der Waals surface area contributed by atoms with Gasteiger partial charge in [-0.15, -0.1) is 0 Å². The lowest BCUT2D eigenvalue weighted by atomic mass is 10.1. The summed E-state index contributed by atoms with van der Waals surface area (Å²) in [6.07, 6.45) is 1.42. The maximum absolute atomic E-state index is 13.9. The number of benzene rings is 1. The monoisotopic (exact) mass is 289 g/mol. The van der Waals surface area contributed by atoms with E-state index in [9.17, 15) is 9.18 Å². The Hall–Kier alpha value is -2.10. The number of thioether (sulfide) groups is 1. The molecule has 102 valence electrons. The largest absolute Gasteiger partial charge is 0.320 e. The fourth-order valence-electron chi connectivity index (χ4n) is 1.47. The Labute approximate surface area is 119 Å². The van der Waals surface area contributed by atoms with Crippen LogP contribution in [-0.2, 0) is 5.75 Å². The molecule has 20 heavy (non-hydrogen) atoms. The van der Waals surface area contributed by atoms with Gasteiger partial charge < -0.3 is 10.7 Å². The lowest BCUT2D eigenvalue weighted by molar-refractivity contribution is 0.617. The van der Waals surface area contributed by atoms with E-state index in [4.69, 9.17) is 5.73 Å². The molecule has 1 heterocycles. The summed E-state index contributed by atoms with van der Waals surface area (Å²) < 4.78 is 13.9. The van der Waals surface area contributed by atoms with E-state index in [1.165, 1.54) is 30.1 Å². The molecule has 0 aliphatic carbocycles. The van der Waals surface area contributed by atoms with Crippen molar-refractivity contribution < 1.29 is 4.39 Å². The van der Waals surface area contributed by atoms with Crippen molar-refractivity contribution in [2.24, 2.45) is 5.73 Å². The van der Waals surface area contributed by atoms with Crippen molar-refractivity contribution in [1.29, 1.82) is 0 Å². The fourth-order valence-corrected chi connectivity index (χ4v) is 2.30. The molecular weight excluding hydrogens is 277 g/mol. The second-order valence-corrected chi connectivity index (χ2v) is 4.80. The van der Waals surface area contributed by atoms with E-state index in [-0.39, 0.29) is 17.9 Å². The van der Waals surface area contributed by atoms with E-state index in [0.717, 1.165) is 0 Å². The number of nitrogens with one attached hydrogen (secondary N) is 1. The second kappa shape index (κ2) is 6.89. The molecule has 0 atom stereocenters. The molecule has 1 aromatic carbocycles. The lowest BCUT2D eigenvalue weighted by Gasteiger charge is -2.03. The van der Waals surface area contributed by atoms with Gasteiger partial charge in [-0.3, -0.25) is 4.79 Å². The molecule has 6 heteroatoms. The molecule has 2 aromatic rings. The van der Waals surface area contributed by atoms with E-state index in [1.54, 1.807) is 12.1 Å². The Morgan fingerprint density at radius 1 is 1.40 bits per heavy atom. The predicted octanol–water partition coefficient (Wildman–Crippen LogP) is 1.51. The van der Waals surface area contributed by atoms with Crippen LogP contribution in [-0.4, -0.2) is 16.5 Å². The zero-order valence-electron chi connectivity index (χ0n) is 10.5. The molecule has 0 bridgehead atoms. The first-order valence-corrected chi connectivity index (χ1v) is 6.83. The zero-order chi connectivity index (χ0) is 14.4. The highest BCUT2D eigenvalue weighted by Crippen LogP contribution is 2.20. The molecule has 3 N–H and O–H groups in total. The highest BCUT2D eigenvalue weighted by atomic mass is 32.2. The van der Waals surface area contributed by atoms with Crippen LogP contribution in [0.3, 0.4) is 0 Å². The number of H-pyrrole nitrogens is 1. The molecule has 0 saturated carbocycles. The lowest BCUT2D eigenvalue weighted by Crippen LogP contribution is -2.05. The van der Waals surface area contributed by atoms with Crippen LogP contribution in [0.25, 0.3) is 0 Å². The molecule has 2 rings (SSSR count). The SMILES string of the molecule is NCC#Cc1ccc(CSc2nccc(=O)[nH]2)c(F)c1. The normalized spacial score (nSPS) is 9.90. The van der Waals surface area contributed by atoms with Crippen molar-refractivity contribution in [3.63, 3.8) is 0 Å². The smallest absolute Gasteiger partial charge is 0.251 e. The number of nitrogens with zero attached hydrogens (tertiary/aromatic N) is 1. The third-order valence-corrected chi connectivity index (χ3v) is 3.34. The Balaban J connectivity index is 2.08. The quantitative estimate of drug-likeness (QED) is 0.510. The van der Waals surface area contributed by atoms with Crippen molar-refractivity contribution in [1.82, 2.24) is 9.97 Å². The van der Waals surface area contributed by atoms with Crippen molar-refractivity contribution in [3.8, 4) is 11.8 Å². The molecule has 0 aliphatic rings. The van der Waals surface area contributed by atoms with Gasteiger partial charge in [-0.1, -0.05) is 29.7 Å². The van der Waals surface area contributed by atoms with Crippen molar-refractivity contribution in [2.75, 3.05) is 6.54 Å². The van der Waals surface area contributed by atoms with Gasteiger partial charge >= 0.3 is 0 Å². The summed E-state index contributed by atoms with van der Waals surface area (Å²) in [5.74, 6) is 5.49. The van der Waals surface area contributed by atoms with Crippen LogP contribution in [0, 0.1) is 17.7 Å². The Morgan fingerprint density at radius 3 is 2.95 bits per heavy atom. The minimum absolute atomic E-state index is 0.227. The zero-order valence-corrected chi connectivity index (χ0v) is 11.3. The molecule has 0 amide bonds. The molecule has 4 nitrogen and oxygen atoms in total. The van der Waals surface area contributed by atoms with Gasteiger partial charge in [-0.05, 0) is 17.7 Å². The van der Waals surface area contributed by atoms with Gasteiger partial charge in [0.25, 0.3) is 5.56 Å². The number of hydrogen-bond donors (Lipinski definition) is 2. The fraction of sp³-hybridized carbons (Fsp3) is 0.143. The Bertz CT molecular complexity index is 718. The molecule has 0 unspecified atom stereocenters. The first-order valence-electron chi connectivity index (χ1n) is 5.84. The maximum atomic E-state index is 13.9. The second-order valence-electron chi connectivity index (χ2n) is 3.84. The van der Waals surface area contributed by atoms with Crippen LogP contribution in [0.1, 0.15) is 11.1 Å². The highest BCUT2D eigenvalue weighted by molar-refractivity contribution is 7.98. The molecule has 0 spiro atoms. The van der Waals surface area contributed by atoms with Crippen LogP contribution < -0.4 is 11.3 Å². The standard InChI is InChI=1S/C14H12FN3OS/c15-12-8-10(2-1-6-16)3-4-11(12)9-20-14-17-7-5-13(19)18-14/h3-5,7-8H,6,9,16H2,(H,17,18,19). The van der Waals surface area contributed by atoms with E-state index in [1.807, 2.05) is 0 Å². The van der Waals surface area contributed by atoms with Gasteiger partial charge in [0.15, 0.2) is 5.16 Å². The van der Waals surface area contributed by atoms with Gasteiger partial charge in [-0.25, -0.2) is 9.37 Å². The number of nitrogens with two attached hydrogens (primary N) is 1. The summed E-state index contributed by atoms with van der Waals surface area (Å²) in [4.78, 5) is 17.7. The molecule has 1 aromatic heterocycles. The average Bonchev–Trinajstić information content (AvgIpc) is 2.44. The Morgan fingerprint density at radius 2 is 2.25 bits per heavy atom. The van der Waals surface area contributed by atoms with E-state index < -0.39 is 0 Å². The van der Waals surface area contributed by atoms with Crippen molar-refractivity contribution in [2.45, 2.75) is 10.9 Å². The summed E-state index contributed by atoms with van der Waals surface area (Å²) in [7, 11) is 0. The average molecular weight is 289 g/mol. The van der Waals surface area contributed by atoms with E-state index >= 15 is 0 Å². The molecular formula is C14H12FN3OS. The van der Waals surface area contributed by atoms with Crippen LogP contribution in [0.2, 0.25) is 0 Å². The first-order chi connectivity index (χ1) is 9.69. The van der Waals surface area contributed by atoms with Crippen LogP contribution in [0.5, 0.6) is 0 Å². The third-order valence-electron chi connectivity index (χ3n) is 2.40. The summed E-state index contributed by atoms with van der Waals surface area (Å²) >= 11 is 1.26. The van der Waals surface area contributed by atoms with Gasteiger partial charge in [0.1, 0.15) is 5.82 Å². The Kier molecular flexibility index (Phi) is 4.93. The van der Waals surface area contributed by atoms with Crippen molar-refractivity contribution in [3.05, 3.63) is 57.8 Å². The molecule has 0 aliphatic heterocycles. The summed E-state index contributed by atoms with van der Waals surface area (Å²) in [6, 6.07) is 6.11. The maximum Gasteiger partial charge on any atom is 0.251 e. The van der Waals surface area contributed by atoms with E-state index in [0.29, 0.717) is 22.0 Å². The first kappa shape index (κ1) is 14.3. The van der Waals surface area contributed by atoms with Gasteiger partial charge in [0.2, 0.25) is 0 Å². The minimum atomic E-state index is -0.334. The van der Waals surface area contributed by atoms with Gasteiger partial charge in [0.05, 0.1) is 6.54 Å². The van der Waals surface area contributed by atoms with Gasteiger partial charge in [0, 0.05) is 23.6 Å². The summed E-state index contributed by atoms with van der Waals surface area (Å²) in [5, 5.41) is 0.462. The number of rotatable bonds is 3. The van der Waals surface area contributed by atoms with Crippen LogP contribution in [0.4, 0.5) is 4.39 Å². The minimum Gasteiger partial charge on any atom is -0.320 e. The van der Waals surface area contributed by atoms with Gasteiger partial charge in [-0.2, -0.15) is 0 Å². The van der Waals surface area contributed by atoms with Crippen LogP contribution in [0.15, 0.2) is 40.4 Å². The highest BCUT2D eigenvalue weighted by Gasteiger charge is 2.05.